The number of cyclic esters (lactones) is 1. The minimum atomic E-state index is -0.984. The maximum absolute atomic E-state index is 14.9. The third-order valence-corrected chi connectivity index (χ3v) is 9.16. The van der Waals surface area contributed by atoms with Gasteiger partial charge in [0.25, 0.3) is 0 Å². The van der Waals surface area contributed by atoms with Crippen molar-refractivity contribution in [2.75, 3.05) is 11.9 Å². The van der Waals surface area contributed by atoms with E-state index in [9.17, 15) is 19.1 Å². The lowest BCUT2D eigenvalue weighted by Gasteiger charge is -2.33. The van der Waals surface area contributed by atoms with E-state index in [1.165, 1.54) is 29.2 Å². The van der Waals surface area contributed by atoms with Gasteiger partial charge in [-0.05, 0) is 65.9 Å². The number of nitrogens with one attached hydrogen (secondary N) is 1. The Labute approximate surface area is 293 Å². The van der Waals surface area contributed by atoms with Crippen LogP contribution in [-0.4, -0.2) is 28.6 Å². The summed E-state index contributed by atoms with van der Waals surface area (Å²) in [6.07, 6.45) is -1.38. The summed E-state index contributed by atoms with van der Waals surface area (Å²) in [6, 6.07) is 38.6. The fourth-order valence-electron chi connectivity index (χ4n) is 6.12. The molecule has 250 valence electrons. The summed E-state index contributed by atoms with van der Waals surface area (Å²) in [5.74, 6) is -1.19. The Hall–Kier alpha value is -4.99. The lowest BCUT2D eigenvalue weighted by molar-refractivity contribution is -0.134. The summed E-state index contributed by atoms with van der Waals surface area (Å²) in [5.41, 5.74) is 3.72. The molecule has 49 heavy (non-hydrogen) atoms. The highest BCUT2D eigenvalue weighted by molar-refractivity contribution is 9.10. The minimum Gasteiger partial charge on any atom is -0.489 e. The summed E-state index contributed by atoms with van der Waals surface area (Å²) in [7, 11) is 0. The normalized spacial score (nSPS) is 16.0. The zero-order valence-corrected chi connectivity index (χ0v) is 28.2. The Bertz CT molecular complexity index is 1840. The molecule has 2 amide bonds. The second kappa shape index (κ2) is 15.9. The summed E-state index contributed by atoms with van der Waals surface area (Å²) in [4.78, 5) is 29.4. The molecular formula is C40H36BrFN2O5. The monoisotopic (exact) mass is 722 g/mol. The van der Waals surface area contributed by atoms with Crippen molar-refractivity contribution in [3.05, 3.63) is 166 Å². The number of aliphatic hydroxyl groups excluding tert-OH is 1. The molecule has 1 aliphatic heterocycles. The summed E-state index contributed by atoms with van der Waals surface area (Å²) >= 11 is 3.58. The molecule has 0 saturated carbocycles. The molecule has 7 nitrogen and oxygen atoms in total. The number of amides is 2. The molecule has 0 aromatic heterocycles. The second-order valence-electron chi connectivity index (χ2n) is 11.9. The van der Waals surface area contributed by atoms with E-state index in [4.69, 9.17) is 9.47 Å². The molecule has 0 spiro atoms. The molecule has 0 radical (unpaired) electrons. The lowest BCUT2D eigenvalue weighted by Crippen LogP contribution is -2.42. The van der Waals surface area contributed by atoms with Gasteiger partial charge in [-0.15, -0.1) is 0 Å². The van der Waals surface area contributed by atoms with Crippen LogP contribution >= 0.6 is 15.9 Å². The Morgan fingerprint density at radius 1 is 0.898 bits per heavy atom. The van der Waals surface area contributed by atoms with Crippen LogP contribution in [0.3, 0.4) is 0 Å². The van der Waals surface area contributed by atoms with Gasteiger partial charge in [0.05, 0.1) is 18.1 Å². The Kier molecular flexibility index (Phi) is 11.0. The molecule has 1 saturated heterocycles. The first kappa shape index (κ1) is 33.9. The molecule has 1 aliphatic rings. The van der Waals surface area contributed by atoms with Gasteiger partial charge in [-0.2, -0.15) is 0 Å². The van der Waals surface area contributed by atoms with E-state index in [0.717, 1.165) is 21.3 Å². The van der Waals surface area contributed by atoms with Crippen LogP contribution in [0.5, 0.6) is 5.75 Å². The van der Waals surface area contributed by atoms with Gasteiger partial charge in [0.2, 0.25) is 5.91 Å². The molecule has 0 bridgehead atoms. The number of anilines is 1. The quantitative estimate of drug-likeness (QED) is 0.126. The number of aliphatic hydroxyl groups is 1. The van der Waals surface area contributed by atoms with E-state index < -0.39 is 41.9 Å². The molecule has 2 unspecified atom stereocenters. The number of para-hydroxylation sites is 1. The van der Waals surface area contributed by atoms with Crippen molar-refractivity contribution >= 4 is 33.6 Å². The van der Waals surface area contributed by atoms with Crippen molar-refractivity contribution in [3.8, 4) is 5.75 Å². The number of ether oxygens (including phenoxy) is 2. The van der Waals surface area contributed by atoms with Crippen molar-refractivity contribution in [2.24, 2.45) is 5.92 Å². The number of rotatable bonds is 13. The van der Waals surface area contributed by atoms with Crippen LogP contribution in [0, 0.1) is 11.7 Å². The van der Waals surface area contributed by atoms with Crippen molar-refractivity contribution in [1.82, 2.24) is 4.90 Å². The van der Waals surface area contributed by atoms with Gasteiger partial charge in [-0.1, -0.05) is 113 Å². The Morgan fingerprint density at radius 2 is 1.55 bits per heavy atom. The fourth-order valence-corrected chi connectivity index (χ4v) is 6.46. The first-order valence-electron chi connectivity index (χ1n) is 16.1. The average Bonchev–Trinajstić information content (AvgIpc) is 3.53. The molecule has 5 aromatic rings. The van der Waals surface area contributed by atoms with Crippen molar-refractivity contribution in [1.29, 1.82) is 0 Å². The van der Waals surface area contributed by atoms with Crippen LogP contribution in [0.2, 0.25) is 0 Å². The fraction of sp³-hybridized carbons (Fsp3) is 0.200. The zero-order valence-electron chi connectivity index (χ0n) is 26.6. The van der Waals surface area contributed by atoms with Gasteiger partial charge in [0, 0.05) is 15.7 Å². The molecule has 4 atom stereocenters. The maximum atomic E-state index is 14.9. The number of hydrogen-bond donors (Lipinski definition) is 2. The van der Waals surface area contributed by atoms with Crippen LogP contribution in [0.15, 0.2) is 138 Å². The number of imide groups is 1. The predicted molar refractivity (Wildman–Crippen MR) is 189 cm³/mol. The Balaban J connectivity index is 1.42. The highest BCUT2D eigenvalue weighted by Crippen LogP contribution is 2.41. The van der Waals surface area contributed by atoms with Crippen molar-refractivity contribution in [2.45, 2.75) is 37.6 Å². The van der Waals surface area contributed by atoms with E-state index in [1.807, 2.05) is 109 Å². The van der Waals surface area contributed by atoms with Gasteiger partial charge in [0.1, 0.15) is 30.8 Å². The molecule has 1 fully saturated rings. The molecule has 9 heteroatoms. The highest BCUT2D eigenvalue weighted by Gasteiger charge is 2.44. The first-order valence-corrected chi connectivity index (χ1v) is 16.9. The largest absolute Gasteiger partial charge is 0.489 e. The van der Waals surface area contributed by atoms with Crippen LogP contribution < -0.4 is 10.1 Å². The summed E-state index contributed by atoms with van der Waals surface area (Å²) in [6.45, 7) is 0.318. The van der Waals surface area contributed by atoms with E-state index in [-0.39, 0.29) is 19.4 Å². The van der Waals surface area contributed by atoms with E-state index in [1.54, 1.807) is 0 Å². The third kappa shape index (κ3) is 8.36. The Morgan fingerprint density at radius 3 is 2.24 bits per heavy atom. The van der Waals surface area contributed by atoms with Gasteiger partial charge in [-0.3, -0.25) is 4.79 Å². The van der Waals surface area contributed by atoms with Gasteiger partial charge in [0.15, 0.2) is 0 Å². The van der Waals surface area contributed by atoms with Crippen LogP contribution in [0.25, 0.3) is 0 Å². The van der Waals surface area contributed by atoms with Crippen LogP contribution in [-0.2, 0) is 16.1 Å². The van der Waals surface area contributed by atoms with Crippen LogP contribution in [0.4, 0.5) is 14.9 Å². The van der Waals surface area contributed by atoms with Gasteiger partial charge < -0.3 is 19.9 Å². The standard InChI is InChI=1S/C40H36BrFN2O5/c41-30-18-21-33(37(24-30)48-25-27-10-4-1-5-11-27)38(43-32-14-8-3-9-15-32)34(22-23-36(45)29-16-19-31(42)20-17-29)39(46)44-35(26-49-40(44)47)28-12-6-2-7-13-28/h1-21,24,34-36,38,43,45H,22-23,25-26H2/t34?,35?,36-,38+/m1/s1. The maximum Gasteiger partial charge on any atom is 0.417 e. The number of hydrogen-bond acceptors (Lipinski definition) is 6. The first-order chi connectivity index (χ1) is 23.9. The number of carbonyl (C=O) groups excluding carboxylic acids is 2. The topological polar surface area (TPSA) is 88.1 Å². The molecule has 1 heterocycles. The second-order valence-corrected chi connectivity index (χ2v) is 12.8. The summed E-state index contributed by atoms with van der Waals surface area (Å²) < 4.78 is 26.4. The molecular weight excluding hydrogens is 687 g/mol. The third-order valence-electron chi connectivity index (χ3n) is 8.66. The minimum absolute atomic E-state index is 0.0278. The van der Waals surface area contributed by atoms with Crippen LogP contribution in [0.1, 0.15) is 53.3 Å². The lowest BCUT2D eigenvalue weighted by atomic mass is 9.85. The molecule has 2 N–H and O–H groups in total. The summed E-state index contributed by atoms with van der Waals surface area (Å²) in [5, 5.41) is 14.8. The average molecular weight is 724 g/mol. The number of benzene rings is 5. The smallest absolute Gasteiger partial charge is 0.417 e. The zero-order chi connectivity index (χ0) is 34.2. The van der Waals surface area contributed by atoms with Crippen molar-refractivity contribution in [3.63, 3.8) is 0 Å². The van der Waals surface area contributed by atoms with E-state index >= 15 is 0 Å². The SMILES string of the molecule is O=C1OCC(c2ccccc2)N1C(=O)C(CC[C@@H](O)c1ccc(F)cc1)[C@@H](Nc1ccccc1)c1ccc(Br)cc1OCc1ccccc1. The number of nitrogens with zero attached hydrogens (tertiary/aromatic N) is 1. The van der Waals surface area contributed by atoms with Gasteiger partial charge in [-0.25, -0.2) is 14.1 Å². The molecule has 5 aromatic carbocycles. The highest BCUT2D eigenvalue weighted by atomic mass is 79.9. The predicted octanol–water partition coefficient (Wildman–Crippen LogP) is 9.17. The van der Waals surface area contributed by atoms with E-state index in [2.05, 4.69) is 21.2 Å². The number of halogens is 2. The molecule has 0 aliphatic carbocycles. The van der Waals surface area contributed by atoms with E-state index in [0.29, 0.717) is 23.5 Å². The van der Waals surface area contributed by atoms with Crippen molar-refractivity contribution < 1.29 is 28.6 Å². The molecule has 6 rings (SSSR count). The number of carbonyl (C=O) groups is 2. The van der Waals surface area contributed by atoms with Gasteiger partial charge >= 0.3 is 6.09 Å².